The zero-order chi connectivity index (χ0) is 16.8. The summed E-state index contributed by atoms with van der Waals surface area (Å²) in [4.78, 5) is 0. The Morgan fingerprint density at radius 2 is 1.10 bits per heavy atom. The zero-order valence-corrected chi connectivity index (χ0v) is 9.39. The smallest absolute Gasteiger partial charge is 0.331 e. The van der Waals surface area contributed by atoms with Gasteiger partial charge in [0.1, 0.15) is 0 Å². The maximum Gasteiger partial charge on any atom is 0.423 e. The molecule has 0 amide bonds. The van der Waals surface area contributed by atoms with Crippen LogP contribution in [0.2, 0.25) is 0 Å². The summed E-state index contributed by atoms with van der Waals surface area (Å²) in [5.41, 5.74) is 0. The Balaban J connectivity index is 5.94. The molecule has 0 saturated heterocycles. The second-order valence-electron chi connectivity index (χ2n) is 3.76. The molecule has 0 aromatic carbocycles. The predicted molar refractivity (Wildman–Crippen MR) is 42.1 cm³/mol. The van der Waals surface area contributed by atoms with E-state index in [1.807, 2.05) is 0 Å². The van der Waals surface area contributed by atoms with Crippen molar-refractivity contribution in [1.82, 2.24) is 0 Å². The number of halogens is 11. The number of aliphatic hydroxyl groups is 1. The molecule has 0 fully saturated rings. The van der Waals surface area contributed by atoms with Gasteiger partial charge >= 0.3 is 29.8 Å². The minimum Gasteiger partial charge on any atom is -0.331 e. The van der Waals surface area contributed by atoms with Crippen molar-refractivity contribution < 1.29 is 53.4 Å². The molecule has 1 nitrogen and oxygen atoms in total. The first-order chi connectivity index (χ1) is 8.48. The number of alkyl halides is 11. The largest absolute Gasteiger partial charge is 0.423 e. The molecule has 0 spiro atoms. The summed E-state index contributed by atoms with van der Waals surface area (Å²) in [5.74, 6) is -28.2. The Kier molecular flexibility index (Phi) is 4.68. The van der Waals surface area contributed by atoms with E-state index >= 15 is 0 Å². The van der Waals surface area contributed by atoms with E-state index in [-0.39, 0.29) is 0 Å². The van der Waals surface area contributed by atoms with Gasteiger partial charge in [-0.1, -0.05) is 6.92 Å². The first kappa shape index (κ1) is 19.2. The topological polar surface area (TPSA) is 20.2 Å². The zero-order valence-electron chi connectivity index (χ0n) is 9.39. The molecular weight excluding hydrogens is 321 g/mol. The lowest BCUT2D eigenvalue weighted by Crippen LogP contribution is -2.68. The van der Waals surface area contributed by atoms with Crippen molar-refractivity contribution in [3.05, 3.63) is 0 Å². The molecule has 0 rings (SSSR count). The highest BCUT2D eigenvalue weighted by Crippen LogP contribution is 2.57. The van der Waals surface area contributed by atoms with Crippen molar-refractivity contribution in [3.63, 3.8) is 0 Å². The highest BCUT2D eigenvalue weighted by atomic mass is 19.4. The SMILES string of the molecule is CCC(F)C(F)(F)C(F)(F)C(F)(F)C(F)(F)C(O)(F)F. The Bertz CT molecular complexity index is 345. The maximum absolute atomic E-state index is 12.8. The van der Waals surface area contributed by atoms with Gasteiger partial charge in [-0.3, -0.25) is 0 Å². The number of hydrogen-bond donors (Lipinski definition) is 1. The van der Waals surface area contributed by atoms with E-state index in [0.29, 0.717) is 6.92 Å². The van der Waals surface area contributed by atoms with Crippen LogP contribution in [0.5, 0.6) is 0 Å². The van der Waals surface area contributed by atoms with Gasteiger partial charge in [0.15, 0.2) is 6.17 Å². The average molecular weight is 328 g/mol. The van der Waals surface area contributed by atoms with E-state index in [9.17, 15) is 48.3 Å². The molecule has 1 atom stereocenters. The van der Waals surface area contributed by atoms with Gasteiger partial charge in [-0.25, -0.2) is 4.39 Å². The van der Waals surface area contributed by atoms with Crippen molar-refractivity contribution in [1.29, 1.82) is 0 Å². The van der Waals surface area contributed by atoms with Crippen molar-refractivity contribution >= 4 is 0 Å². The van der Waals surface area contributed by atoms with Crippen LogP contribution in [-0.2, 0) is 0 Å². The quantitative estimate of drug-likeness (QED) is 0.734. The number of rotatable bonds is 6. The molecule has 1 N–H and O–H groups in total. The minimum atomic E-state index is -7.42. The summed E-state index contributed by atoms with van der Waals surface area (Å²) in [6.07, 6.45) is -12.2. The molecule has 0 radical (unpaired) electrons. The van der Waals surface area contributed by atoms with Crippen molar-refractivity contribution in [2.45, 2.75) is 49.3 Å². The average Bonchev–Trinajstić information content (AvgIpc) is 2.25. The number of hydrogen-bond acceptors (Lipinski definition) is 1. The molecule has 0 aromatic rings. The molecule has 1 unspecified atom stereocenters. The Hall–Kier alpha value is -0.810. The third-order valence-corrected chi connectivity index (χ3v) is 2.34. The Morgan fingerprint density at radius 1 is 0.750 bits per heavy atom. The van der Waals surface area contributed by atoms with E-state index in [2.05, 4.69) is 0 Å². The highest BCUT2D eigenvalue weighted by molar-refractivity contribution is 5.07. The van der Waals surface area contributed by atoms with Crippen LogP contribution >= 0.6 is 0 Å². The monoisotopic (exact) mass is 328 g/mol. The Labute approximate surface area is 104 Å². The molecule has 20 heavy (non-hydrogen) atoms. The third kappa shape index (κ3) is 2.42. The molecule has 0 bridgehead atoms. The van der Waals surface area contributed by atoms with Gasteiger partial charge in [-0.2, -0.15) is 43.9 Å². The molecule has 0 heterocycles. The van der Waals surface area contributed by atoms with Gasteiger partial charge < -0.3 is 5.11 Å². The van der Waals surface area contributed by atoms with Crippen LogP contribution in [0.1, 0.15) is 13.3 Å². The van der Waals surface area contributed by atoms with Gasteiger partial charge in [0, 0.05) is 0 Å². The molecule has 0 aliphatic heterocycles. The predicted octanol–water partition coefficient (Wildman–Crippen LogP) is 3.86. The molecule has 0 aromatic heterocycles. The van der Waals surface area contributed by atoms with Crippen molar-refractivity contribution in [3.8, 4) is 0 Å². The van der Waals surface area contributed by atoms with Crippen LogP contribution in [0, 0.1) is 0 Å². The highest BCUT2D eigenvalue weighted by Gasteiger charge is 2.87. The van der Waals surface area contributed by atoms with E-state index in [0.717, 1.165) is 0 Å². The summed E-state index contributed by atoms with van der Waals surface area (Å²) in [6, 6.07) is 0. The first-order valence-corrected chi connectivity index (χ1v) is 4.74. The van der Waals surface area contributed by atoms with E-state index in [1.165, 1.54) is 0 Å². The standard InChI is InChI=1S/C8H7F11O/c1-2-3(9)4(10,11)5(12,13)6(14,15)7(16,17)8(18,19)20/h3,20H,2H2,1H3. The fourth-order valence-corrected chi connectivity index (χ4v) is 1.05. The fourth-order valence-electron chi connectivity index (χ4n) is 1.05. The lowest BCUT2D eigenvalue weighted by Gasteiger charge is -2.38. The van der Waals surface area contributed by atoms with Crippen LogP contribution in [0.15, 0.2) is 0 Å². The van der Waals surface area contributed by atoms with Crippen LogP contribution in [0.3, 0.4) is 0 Å². The summed E-state index contributed by atoms with van der Waals surface area (Å²) in [6.45, 7) is 0.506. The van der Waals surface area contributed by atoms with E-state index < -0.39 is 42.4 Å². The maximum atomic E-state index is 12.8. The second-order valence-corrected chi connectivity index (χ2v) is 3.76. The molecular formula is C8H7F11O. The minimum absolute atomic E-state index is 0.506. The Morgan fingerprint density at radius 3 is 1.35 bits per heavy atom. The van der Waals surface area contributed by atoms with Gasteiger partial charge in [0.2, 0.25) is 0 Å². The summed E-state index contributed by atoms with van der Waals surface area (Å²) >= 11 is 0. The van der Waals surface area contributed by atoms with Gasteiger partial charge in [-0.05, 0) is 6.42 Å². The van der Waals surface area contributed by atoms with Crippen molar-refractivity contribution in [2.24, 2.45) is 0 Å². The van der Waals surface area contributed by atoms with Crippen LogP contribution in [0.4, 0.5) is 48.3 Å². The van der Waals surface area contributed by atoms with Gasteiger partial charge in [-0.15, -0.1) is 0 Å². The van der Waals surface area contributed by atoms with E-state index in [1.54, 1.807) is 0 Å². The second kappa shape index (κ2) is 4.88. The molecule has 0 saturated carbocycles. The van der Waals surface area contributed by atoms with Crippen LogP contribution in [-0.4, -0.2) is 41.1 Å². The lowest BCUT2D eigenvalue weighted by molar-refractivity contribution is -0.441. The van der Waals surface area contributed by atoms with Crippen LogP contribution < -0.4 is 0 Å². The summed E-state index contributed by atoms with van der Waals surface area (Å²) in [7, 11) is 0. The van der Waals surface area contributed by atoms with Gasteiger partial charge in [0.05, 0.1) is 0 Å². The fraction of sp³-hybridized carbons (Fsp3) is 1.00. The van der Waals surface area contributed by atoms with Gasteiger partial charge in [0.25, 0.3) is 0 Å². The summed E-state index contributed by atoms with van der Waals surface area (Å²) in [5, 5.41) is 7.47. The van der Waals surface area contributed by atoms with E-state index in [4.69, 9.17) is 5.11 Å². The molecule has 12 heteroatoms. The van der Waals surface area contributed by atoms with Crippen LogP contribution in [0.25, 0.3) is 0 Å². The normalized spacial score (nSPS) is 17.2. The third-order valence-electron chi connectivity index (χ3n) is 2.34. The summed E-state index contributed by atoms with van der Waals surface area (Å²) < 4.78 is 138. The molecule has 0 aliphatic rings. The molecule has 0 aliphatic carbocycles. The molecule has 122 valence electrons. The first-order valence-electron chi connectivity index (χ1n) is 4.74. The van der Waals surface area contributed by atoms with Crippen molar-refractivity contribution in [2.75, 3.05) is 0 Å². The lowest BCUT2D eigenvalue weighted by atomic mass is 9.94.